The van der Waals surface area contributed by atoms with Gasteiger partial charge in [-0.15, -0.1) is 22.7 Å². The van der Waals surface area contributed by atoms with Crippen LogP contribution in [0.1, 0.15) is 21.1 Å². The average Bonchev–Trinajstić information content (AvgIpc) is 2.84. The average molecular weight is 289 g/mol. The minimum absolute atomic E-state index is 0.398. The Morgan fingerprint density at radius 3 is 2.26 bits per heavy atom. The quantitative estimate of drug-likeness (QED) is 0.763. The van der Waals surface area contributed by atoms with Crippen molar-refractivity contribution < 1.29 is 9.90 Å². The number of thiophene rings is 2. The molecule has 3 heterocycles. The largest absolute Gasteiger partial charge is 0.477 e. The van der Waals surface area contributed by atoms with Gasteiger partial charge in [-0.3, -0.25) is 4.98 Å². The normalized spacial score (nSPS) is 11.1. The molecule has 3 aromatic heterocycles. The number of pyridine rings is 1. The van der Waals surface area contributed by atoms with E-state index in [-0.39, 0.29) is 0 Å². The molecule has 0 bridgehead atoms. The Hall–Kier alpha value is -1.72. The maximum absolute atomic E-state index is 10.9. The Kier molecular flexibility index (Phi) is 2.88. The van der Waals surface area contributed by atoms with Crippen LogP contribution in [0.25, 0.3) is 19.8 Å². The second-order valence-corrected chi connectivity index (χ2v) is 6.56. The Morgan fingerprint density at radius 1 is 1.05 bits per heavy atom. The van der Waals surface area contributed by atoms with E-state index in [1.54, 1.807) is 17.4 Å². The molecular formula is C14H11NO2S2. The van der Waals surface area contributed by atoms with E-state index in [1.807, 2.05) is 13.8 Å². The summed E-state index contributed by atoms with van der Waals surface area (Å²) in [5.41, 5.74) is 3.14. The third kappa shape index (κ3) is 2.27. The van der Waals surface area contributed by atoms with Gasteiger partial charge >= 0.3 is 5.97 Å². The van der Waals surface area contributed by atoms with Crippen LogP contribution < -0.4 is 0 Å². The van der Waals surface area contributed by atoms with E-state index in [0.29, 0.717) is 4.88 Å². The molecule has 0 fully saturated rings. The van der Waals surface area contributed by atoms with Crippen LogP contribution >= 0.6 is 22.7 Å². The topological polar surface area (TPSA) is 50.2 Å². The van der Waals surface area contributed by atoms with Gasteiger partial charge in [0.15, 0.2) is 0 Å². The third-order valence-electron chi connectivity index (χ3n) is 2.78. The van der Waals surface area contributed by atoms with Gasteiger partial charge in [0.25, 0.3) is 0 Å². The maximum atomic E-state index is 10.9. The minimum Gasteiger partial charge on any atom is -0.477 e. The number of hydrogen-bond donors (Lipinski definition) is 1. The number of rotatable bonds is 2. The van der Waals surface area contributed by atoms with E-state index in [9.17, 15) is 4.79 Å². The van der Waals surface area contributed by atoms with Gasteiger partial charge in [-0.05, 0) is 43.7 Å². The fourth-order valence-electron chi connectivity index (χ4n) is 2.06. The highest BCUT2D eigenvalue weighted by Gasteiger charge is 2.12. The summed E-state index contributed by atoms with van der Waals surface area (Å²) in [6.07, 6.45) is 0. The lowest BCUT2D eigenvalue weighted by atomic mass is 10.1. The number of carboxylic acids is 1. The first kappa shape index (κ1) is 12.3. The van der Waals surface area contributed by atoms with Gasteiger partial charge in [0.2, 0.25) is 0 Å². The van der Waals surface area contributed by atoms with Crippen LogP contribution in [0.15, 0.2) is 24.3 Å². The highest BCUT2D eigenvalue weighted by Crippen LogP contribution is 2.38. The predicted molar refractivity (Wildman–Crippen MR) is 79.4 cm³/mol. The lowest BCUT2D eigenvalue weighted by molar-refractivity contribution is 0.0702. The fraction of sp³-hybridized carbons (Fsp3) is 0.143. The van der Waals surface area contributed by atoms with Gasteiger partial charge < -0.3 is 5.11 Å². The Balaban J connectivity index is 2.10. The second-order valence-electron chi connectivity index (χ2n) is 4.39. The standard InChI is InChI=1S/C14H11NO2S2/c1-7-3-9(4-8(2)15-7)10-5-11-12(18-10)6-13(19-11)14(16)17/h3-6H,1-2H3,(H,16,17). The highest BCUT2D eigenvalue weighted by molar-refractivity contribution is 7.30. The van der Waals surface area contributed by atoms with Crippen molar-refractivity contribution in [3.63, 3.8) is 0 Å². The van der Waals surface area contributed by atoms with E-state index >= 15 is 0 Å². The number of fused-ring (bicyclic) bond motifs is 1. The van der Waals surface area contributed by atoms with Crippen LogP contribution in [0.2, 0.25) is 0 Å². The molecule has 3 aromatic rings. The summed E-state index contributed by atoms with van der Waals surface area (Å²) in [5.74, 6) is -0.856. The molecule has 0 amide bonds. The van der Waals surface area contributed by atoms with Crippen molar-refractivity contribution in [2.45, 2.75) is 13.8 Å². The van der Waals surface area contributed by atoms with Crippen molar-refractivity contribution in [3.05, 3.63) is 40.5 Å². The molecule has 19 heavy (non-hydrogen) atoms. The number of aryl methyl sites for hydroxylation is 2. The SMILES string of the molecule is Cc1cc(-c2cc3sc(C(=O)O)cc3s2)cc(C)n1. The summed E-state index contributed by atoms with van der Waals surface area (Å²) in [6.45, 7) is 3.96. The zero-order chi connectivity index (χ0) is 13.6. The zero-order valence-electron chi connectivity index (χ0n) is 10.4. The molecule has 0 saturated carbocycles. The van der Waals surface area contributed by atoms with Crippen LogP contribution in [0, 0.1) is 13.8 Å². The minimum atomic E-state index is -0.856. The lowest BCUT2D eigenvalue weighted by Gasteiger charge is -2.01. The molecule has 0 radical (unpaired) electrons. The molecule has 96 valence electrons. The van der Waals surface area contributed by atoms with E-state index in [0.717, 1.165) is 31.2 Å². The molecule has 0 aromatic carbocycles. The van der Waals surface area contributed by atoms with Gasteiger partial charge in [-0.25, -0.2) is 4.79 Å². The summed E-state index contributed by atoms with van der Waals surface area (Å²) in [7, 11) is 0. The highest BCUT2D eigenvalue weighted by atomic mass is 32.1. The molecule has 0 spiro atoms. The number of aromatic nitrogens is 1. The molecule has 0 aliphatic carbocycles. The van der Waals surface area contributed by atoms with Crippen LogP contribution in [0.4, 0.5) is 0 Å². The Bertz CT molecular complexity index is 734. The summed E-state index contributed by atoms with van der Waals surface area (Å²) in [5, 5.41) is 8.97. The van der Waals surface area contributed by atoms with Crippen molar-refractivity contribution in [3.8, 4) is 10.4 Å². The predicted octanol–water partition coefficient (Wildman–Crippen LogP) is 4.34. The fourth-order valence-corrected chi connectivity index (χ4v) is 4.28. The van der Waals surface area contributed by atoms with Gasteiger partial charge in [0.1, 0.15) is 4.88 Å². The van der Waals surface area contributed by atoms with E-state index in [1.165, 1.54) is 11.3 Å². The van der Waals surface area contributed by atoms with Crippen molar-refractivity contribution >= 4 is 38.0 Å². The molecule has 3 rings (SSSR count). The van der Waals surface area contributed by atoms with Gasteiger partial charge in [0.05, 0.1) is 0 Å². The van der Waals surface area contributed by atoms with Crippen molar-refractivity contribution in [1.29, 1.82) is 0 Å². The van der Waals surface area contributed by atoms with Crippen LogP contribution in [-0.2, 0) is 0 Å². The molecule has 0 aliphatic heterocycles. The van der Waals surface area contributed by atoms with Crippen molar-refractivity contribution in [2.75, 3.05) is 0 Å². The first-order chi connectivity index (χ1) is 9.02. The first-order valence-electron chi connectivity index (χ1n) is 5.75. The van der Waals surface area contributed by atoms with Crippen LogP contribution in [-0.4, -0.2) is 16.1 Å². The number of carboxylic acid groups (broad SMARTS) is 1. The number of hydrogen-bond acceptors (Lipinski definition) is 4. The second kappa shape index (κ2) is 4.43. The zero-order valence-corrected chi connectivity index (χ0v) is 12.1. The smallest absolute Gasteiger partial charge is 0.345 e. The molecule has 0 unspecified atom stereocenters. The molecule has 5 heteroatoms. The Morgan fingerprint density at radius 2 is 1.68 bits per heavy atom. The summed E-state index contributed by atoms with van der Waals surface area (Å²) in [6, 6.07) is 7.92. The molecular weight excluding hydrogens is 278 g/mol. The number of nitrogens with zero attached hydrogens (tertiary/aromatic N) is 1. The lowest BCUT2D eigenvalue weighted by Crippen LogP contribution is -1.89. The first-order valence-corrected chi connectivity index (χ1v) is 7.38. The molecule has 3 nitrogen and oxygen atoms in total. The Labute approximate surface area is 118 Å². The molecule has 0 saturated heterocycles. The number of aromatic carboxylic acids is 1. The van der Waals surface area contributed by atoms with Gasteiger partial charge in [0, 0.05) is 25.7 Å². The molecule has 0 atom stereocenters. The summed E-state index contributed by atoms with van der Waals surface area (Å²) in [4.78, 5) is 16.8. The summed E-state index contributed by atoms with van der Waals surface area (Å²) >= 11 is 2.95. The maximum Gasteiger partial charge on any atom is 0.345 e. The molecule has 1 N–H and O–H groups in total. The third-order valence-corrected chi connectivity index (χ3v) is 5.11. The van der Waals surface area contributed by atoms with E-state index < -0.39 is 5.97 Å². The van der Waals surface area contributed by atoms with E-state index in [4.69, 9.17) is 5.11 Å². The van der Waals surface area contributed by atoms with Crippen molar-refractivity contribution in [1.82, 2.24) is 4.98 Å². The number of carbonyl (C=O) groups is 1. The van der Waals surface area contributed by atoms with Crippen molar-refractivity contribution in [2.24, 2.45) is 0 Å². The van der Waals surface area contributed by atoms with E-state index in [2.05, 4.69) is 23.2 Å². The monoisotopic (exact) mass is 289 g/mol. The summed E-state index contributed by atoms with van der Waals surface area (Å²) < 4.78 is 2.06. The van der Waals surface area contributed by atoms with Crippen LogP contribution in [0.3, 0.4) is 0 Å². The van der Waals surface area contributed by atoms with Crippen LogP contribution in [0.5, 0.6) is 0 Å². The molecule has 0 aliphatic rings. The van der Waals surface area contributed by atoms with Gasteiger partial charge in [-0.2, -0.15) is 0 Å². The van der Waals surface area contributed by atoms with Gasteiger partial charge in [-0.1, -0.05) is 0 Å².